The molecule has 5 nitrogen and oxygen atoms in total. The molecule has 0 saturated carbocycles. The van der Waals surface area contributed by atoms with Crippen molar-refractivity contribution in [1.29, 1.82) is 0 Å². The van der Waals surface area contributed by atoms with E-state index in [1.54, 1.807) is 12.1 Å². The van der Waals surface area contributed by atoms with Gasteiger partial charge in [-0.15, -0.1) is 0 Å². The Bertz CT molecular complexity index is 639. The first kappa shape index (κ1) is 14.5. The second-order valence-electron chi connectivity index (χ2n) is 5.92. The number of amides is 1. The number of likely N-dealkylation sites (tertiary alicyclic amines) is 1. The fourth-order valence-corrected chi connectivity index (χ4v) is 3.96. The third kappa shape index (κ3) is 2.82. The fourth-order valence-electron chi connectivity index (χ4n) is 3.33. The van der Waals surface area contributed by atoms with Crippen molar-refractivity contribution in [3.05, 3.63) is 29.8 Å². The van der Waals surface area contributed by atoms with Gasteiger partial charge in [-0.2, -0.15) is 0 Å². The van der Waals surface area contributed by atoms with Gasteiger partial charge in [-0.3, -0.25) is 4.79 Å². The van der Waals surface area contributed by atoms with Crippen molar-refractivity contribution in [3.63, 3.8) is 0 Å². The molecule has 1 aromatic carbocycles. The SMILES string of the molecule is CS(=O)(=O)c1ccc(C(=O)N2CCCC3CNCC32)cc1. The number of hydrogen-bond donors (Lipinski definition) is 1. The average Bonchev–Trinajstić information content (AvgIpc) is 2.94. The lowest BCUT2D eigenvalue weighted by Gasteiger charge is -2.37. The van der Waals surface area contributed by atoms with E-state index < -0.39 is 9.84 Å². The van der Waals surface area contributed by atoms with E-state index in [1.807, 2.05) is 4.90 Å². The summed E-state index contributed by atoms with van der Waals surface area (Å²) in [6.45, 7) is 2.63. The lowest BCUT2D eigenvalue weighted by Crippen LogP contribution is -2.48. The average molecular weight is 308 g/mol. The molecule has 2 fully saturated rings. The highest BCUT2D eigenvalue weighted by molar-refractivity contribution is 7.90. The van der Waals surface area contributed by atoms with Gasteiger partial charge in [0.15, 0.2) is 9.84 Å². The van der Waals surface area contributed by atoms with Crippen LogP contribution in [0.15, 0.2) is 29.2 Å². The third-order valence-corrected chi connectivity index (χ3v) is 5.60. The smallest absolute Gasteiger partial charge is 0.254 e. The number of benzene rings is 1. The Kier molecular flexibility index (Phi) is 3.75. The molecule has 6 heteroatoms. The minimum absolute atomic E-state index is 0.00783. The highest BCUT2D eigenvalue weighted by Gasteiger charge is 2.37. The molecular formula is C15H20N2O3S. The summed E-state index contributed by atoms with van der Waals surface area (Å²) in [6, 6.07) is 6.53. The highest BCUT2D eigenvalue weighted by atomic mass is 32.2. The Morgan fingerprint density at radius 2 is 1.95 bits per heavy atom. The standard InChI is InChI=1S/C15H20N2O3S/c1-21(19,20)13-6-4-11(5-7-13)15(18)17-8-2-3-12-9-16-10-14(12)17/h4-7,12,14,16H,2-3,8-10H2,1H3. The number of hydrogen-bond acceptors (Lipinski definition) is 4. The molecule has 21 heavy (non-hydrogen) atoms. The number of carbonyl (C=O) groups excluding carboxylic acids is 1. The van der Waals surface area contributed by atoms with E-state index in [9.17, 15) is 13.2 Å². The van der Waals surface area contributed by atoms with Gasteiger partial charge in [0, 0.05) is 37.5 Å². The fraction of sp³-hybridized carbons (Fsp3) is 0.533. The molecule has 0 radical (unpaired) electrons. The van der Waals surface area contributed by atoms with Crippen molar-refractivity contribution in [2.75, 3.05) is 25.9 Å². The van der Waals surface area contributed by atoms with Crippen molar-refractivity contribution in [3.8, 4) is 0 Å². The number of carbonyl (C=O) groups is 1. The van der Waals surface area contributed by atoms with Crippen LogP contribution in [0.1, 0.15) is 23.2 Å². The van der Waals surface area contributed by atoms with Gasteiger partial charge < -0.3 is 10.2 Å². The van der Waals surface area contributed by atoms with Crippen LogP contribution in [0.2, 0.25) is 0 Å². The maximum atomic E-state index is 12.7. The number of nitrogens with one attached hydrogen (secondary N) is 1. The van der Waals surface area contributed by atoms with E-state index >= 15 is 0 Å². The van der Waals surface area contributed by atoms with E-state index in [2.05, 4.69) is 5.32 Å². The summed E-state index contributed by atoms with van der Waals surface area (Å²) in [4.78, 5) is 14.8. The van der Waals surface area contributed by atoms with Crippen LogP contribution in [0.5, 0.6) is 0 Å². The quantitative estimate of drug-likeness (QED) is 0.882. The van der Waals surface area contributed by atoms with Gasteiger partial charge in [0.05, 0.1) is 4.90 Å². The first-order valence-electron chi connectivity index (χ1n) is 7.28. The molecule has 1 amide bonds. The largest absolute Gasteiger partial charge is 0.334 e. The molecule has 114 valence electrons. The van der Waals surface area contributed by atoms with E-state index in [0.29, 0.717) is 11.5 Å². The Balaban J connectivity index is 1.81. The van der Waals surface area contributed by atoms with Crippen LogP contribution in [0.3, 0.4) is 0 Å². The van der Waals surface area contributed by atoms with Gasteiger partial charge >= 0.3 is 0 Å². The Morgan fingerprint density at radius 1 is 1.24 bits per heavy atom. The zero-order chi connectivity index (χ0) is 15.0. The molecule has 0 spiro atoms. The van der Waals surface area contributed by atoms with Gasteiger partial charge in [0.1, 0.15) is 0 Å². The summed E-state index contributed by atoms with van der Waals surface area (Å²) in [7, 11) is -3.22. The first-order chi connectivity index (χ1) is 9.97. The summed E-state index contributed by atoms with van der Waals surface area (Å²) < 4.78 is 22.9. The molecule has 1 aromatic rings. The van der Waals surface area contributed by atoms with Crippen molar-refractivity contribution < 1.29 is 13.2 Å². The van der Waals surface area contributed by atoms with Crippen LogP contribution < -0.4 is 5.32 Å². The molecule has 0 aromatic heterocycles. The molecule has 2 heterocycles. The van der Waals surface area contributed by atoms with Gasteiger partial charge in [-0.25, -0.2) is 8.42 Å². The molecule has 2 atom stereocenters. The van der Waals surface area contributed by atoms with Crippen LogP contribution in [0.25, 0.3) is 0 Å². The Labute approximate surface area is 125 Å². The predicted molar refractivity (Wildman–Crippen MR) is 80.0 cm³/mol. The summed E-state index contributed by atoms with van der Waals surface area (Å²) in [6.07, 6.45) is 3.38. The van der Waals surface area contributed by atoms with Crippen molar-refractivity contribution >= 4 is 15.7 Å². The van der Waals surface area contributed by atoms with Gasteiger partial charge in [0.2, 0.25) is 0 Å². The summed E-state index contributed by atoms with van der Waals surface area (Å²) >= 11 is 0. The monoisotopic (exact) mass is 308 g/mol. The van der Waals surface area contributed by atoms with Crippen LogP contribution >= 0.6 is 0 Å². The van der Waals surface area contributed by atoms with E-state index in [-0.39, 0.29) is 16.8 Å². The van der Waals surface area contributed by atoms with Crippen LogP contribution in [-0.4, -0.2) is 51.2 Å². The zero-order valence-electron chi connectivity index (χ0n) is 12.1. The molecule has 3 rings (SSSR count). The molecular weight excluding hydrogens is 288 g/mol. The number of sulfone groups is 1. The molecule has 0 bridgehead atoms. The maximum Gasteiger partial charge on any atom is 0.254 e. The second-order valence-corrected chi connectivity index (χ2v) is 7.94. The summed E-state index contributed by atoms with van der Waals surface area (Å²) in [5, 5.41) is 3.36. The van der Waals surface area contributed by atoms with Gasteiger partial charge in [-0.1, -0.05) is 0 Å². The van der Waals surface area contributed by atoms with Crippen LogP contribution in [-0.2, 0) is 9.84 Å². The number of nitrogens with zero attached hydrogens (tertiary/aromatic N) is 1. The van der Waals surface area contributed by atoms with E-state index in [4.69, 9.17) is 0 Å². The Morgan fingerprint density at radius 3 is 2.62 bits per heavy atom. The van der Waals surface area contributed by atoms with Crippen LogP contribution in [0, 0.1) is 5.92 Å². The van der Waals surface area contributed by atoms with Crippen molar-refractivity contribution in [2.24, 2.45) is 5.92 Å². The minimum Gasteiger partial charge on any atom is -0.334 e. The molecule has 2 unspecified atom stereocenters. The zero-order valence-corrected chi connectivity index (χ0v) is 12.9. The third-order valence-electron chi connectivity index (χ3n) is 4.47. The topological polar surface area (TPSA) is 66.5 Å². The Hall–Kier alpha value is -1.40. The van der Waals surface area contributed by atoms with Gasteiger partial charge in [0.25, 0.3) is 5.91 Å². The maximum absolute atomic E-state index is 12.7. The number of fused-ring (bicyclic) bond motifs is 1. The summed E-state index contributed by atoms with van der Waals surface area (Å²) in [5.41, 5.74) is 0.565. The normalized spacial score (nSPS) is 25.7. The van der Waals surface area contributed by atoms with E-state index in [1.165, 1.54) is 24.8 Å². The minimum atomic E-state index is -3.22. The number of rotatable bonds is 2. The molecule has 0 aliphatic carbocycles. The second kappa shape index (κ2) is 5.42. The predicted octanol–water partition coefficient (Wildman–Crippen LogP) is 0.914. The molecule has 1 N–H and O–H groups in total. The van der Waals surface area contributed by atoms with Gasteiger partial charge in [-0.05, 0) is 43.0 Å². The van der Waals surface area contributed by atoms with Crippen molar-refractivity contribution in [2.45, 2.75) is 23.8 Å². The van der Waals surface area contributed by atoms with Crippen LogP contribution in [0.4, 0.5) is 0 Å². The highest BCUT2D eigenvalue weighted by Crippen LogP contribution is 2.27. The summed E-state index contributed by atoms with van der Waals surface area (Å²) in [5.74, 6) is 0.562. The lowest BCUT2D eigenvalue weighted by atomic mass is 9.91. The number of piperidine rings is 1. The molecule has 2 aliphatic rings. The molecule has 2 saturated heterocycles. The molecule has 2 aliphatic heterocycles. The lowest BCUT2D eigenvalue weighted by molar-refractivity contribution is 0.0574. The van der Waals surface area contributed by atoms with E-state index in [0.717, 1.165) is 26.1 Å². The first-order valence-corrected chi connectivity index (χ1v) is 9.18. The van der Waals surface area contributed by atoms with Crippen molar-refractivity contribution in [1.82, 2.24) is 10.2 Å².